The van der Waals surface area contributed by atoms with Crippen molar-refractivity contribution in [1.82, 2.24) is 10.2 Å². The third-order valence-corrected chi connectivity index (χ3v) is 6.33. The van der Waals surface area contributed by atoms with Crippen LogP contribution in [0.2, 0.25) is 0 Å². The monoisotopic (exact) mass is 501 g/mol. The molecule has 2 N–H and O–H groups in total. The fourth-order valence-electron chi connectivity index (χ4n) is 4.47. The third kappa shape index (κ3) is 8.04. The number of rotatable bonds is 13. The molecule has 0 aliphatic carbocycles. The Morgan fingerprint density at radius 1 is 1.05 bits per heavy atom. The molecule has 0 spiro atoms. The lowest BCUT2D eigenvalue weighted by Gasteiger charge is -2.28. The van der Waals surface area contributed by atoms with E-state index in [9.17, 15) is 15.2 Å². The average molecular weight is 502 g/mol. The number of hydrogen-bond donors (Lipinski definition) is 2. The predicted octanol–water partition coefficient (Wildman–Crippen LogP) is 5.32. The Balaban J connectivity index is 1.55. The first kappa shape index (κ1) is 28.2. The number of carbonyl (C=O) groups excluding carboxylic acids is 1. The zero-order chi connectivity index (χ0) is 26.8. The summed E-state index contributed by atoms with van der Waals surface area (Å²) in [5.74, 6) is 0.288. The van der Waals surface area contributed by atoms with Crippen LogP contribution in [0.15, 0.2) is 60.7 Å². The molecule has 1 atom stereocenters. The molecule has 0 saturated carbocycles. The summed E-state index contributed by atoms with van der Waals surface area (Å²) in [7, 11) is 0. The molecule has 37 heavy (non-hydrogen) atoms. The molecule has 0 bridgehead atoms. The van der Waals surface area contributed by atoms with E-state index in [0.717, 1.165) is 19.3 Å². The number of amides is 1. The minimum absolute atomic E-state index is 0.0405. The number of β-amino-alcohol motifs (C(OH)–C–C–N with tert-alkyl or cyclic N) is 1. The zero-order valence-corrected chi connectivity index (χ0v) is 22.5. The smallest absolute Gasteiger partial charge is 0.253 e. The van der Waals surface area contributed by atoms with Gasteiger partial charge in [0.15, 0.2) is 0 Å². The normalized spacial score (nSPS) is 12.2. The van der Waals surface area contributed by atoms with Crippen LogP contribution in [0.5, 0.6) is 5.75 Å². The van der Waals surface area contributed by atoms with Crippen LogP contribution in [0.3, 0.4) is 0 Å². The van der Waals surface area contributed by atoms with Gasteiger partial charge in [0.1, 0.15) is 24.5 Å². The van der Waals surface area contributed by atoms with E-state index in [4.69, 9.17) is 4.74 Å². The minimum atomic E-state index is -0.756. The maximum absolute atomic E-state index is 12.9. The van der Waals surface area contributed by atoms with Gasteiger partial charge in [0.25, 0.3) is 5.91 Å². The van der Waals surface area contributed by atoms with Crippen LogP contribution in [0.1, 0.15) is 62.0 Å². The Morgan fingerprint density at radius 3 is 2.43 bits per heavy atom. The summed E-state index contributed by atoms with van der Waals surface area (Å²) in [4.78, 5) is 14.7. The molecule has 0 saturated heterocycles. The van der Waals surface area contributed by atoms with Gasteiger partial charge in [-0.2, -0.15) is 5.26 Å². The molecule has 3 rings (SSSR count). The van der Waals surface area contributed by atoms with Crippen molar-refractivity contribution >= 4 is 16.7 Å². The second kappa shape index (κ2) is 13.2. The van der Waals surface area contributed by atoms with Gasteiger partial charge in [-0.3, -0.25) is 4.79 Å². The van der Waals surface area contributed by atoms with Gasteiger partial charge in [-0.15, -0.1) is 0 Å². The number of fused-ring (bicyclic) bond motifs is 1. The van der Waals surface area contributed by atoms with Gasteiger partial charge in [-0.25, -0.2) is 0 Å². The number of nitrogens with zero attached hydrogens (tertiary/aromatic N) is 2. The number of aliphatic hydroxyl groups is 1. The van der Waals surface area contributed by atoms with E-state index < -0.39 is 6.10 Å². The second-order valence-corrected chi connectivity index (χ2v) is 10.2. The van der Waals surface area contributed by atoms with Gasteiger partial charge in [0.05, 0.1) is 5.56 Å². The fraction of sp³-hybridized carbons (Fsp3) is 0.419. The molecule has 0 aromatic heterocycles. The van der Waals surface area contributed by atoms with E-state index in [-0.39, 0.29) is 23.6 Å². The highest BCUT2D eigenvalue weighted by atomic mass is 16.5. The molecule has 0 radical (unpaired) electrons. The lowest BCUT2D eigenvalue weighted by atomic mass is 9.93. The van der Waals surface area contributed by atoms with Crippen molar-refractivity contribution in [3.8, 4) is 11.8 Å². The molecule has 3 aromatic carbocycles. The molecule has 1 unspecified atom stereocenters. The molecule has 0 aliphatic heterocycles. The first-order valence-electron chi connectivity index (χ1n) is 13.1. The van der Waals surface area contributed by atoms with Crippen molar-refractivity contribution < 1.29 is 14.6 Å². The van der Waals surface area contributed by atoms with Crippen molar-refractivity contribution in [2.45, 2.75) is 58.6 Å². The molecule has 6 nitrogen and oxygen atoms in total. The number of aliphatic hydroxyl groups excluding tert-OH is 1. The Morgan fingerprint density at radius 2 is 1.76 bits per heavy atom. The maximum atomic E-state index is 12.9. The number of nitrogens with one attached hydrogen (secondary N) is 1. The molecule has 0 heterocycles. The summed E-state index contributed by atoms with van der Waals surface area (Å²) in [6.07, 6.45) is 1.81. The van der Waals surface area contributed by atoms with Crippen LogP contribution >= 0.6 is 0 Å². The van der Waals surface area contributed by atoms with Gasteiger partial charge in [-0.05, 0) is 67.6 Å². The van der Waals surface area contributed by atoms with E-state index in [1.807, 2.05) is 30.9 Å². The number of benzene rings is 3. The van der Waals surface area contributed by atoms with Crippen molar-refractivity contribution in [3.05, 3.63) is 77.4 Å². The van der Waals surface area contributed by atoms with Crippen LogP contribution in [0, 0.1) is 11.3 Å². The molecular formula is C31H39N3O3. The zero-order valence-electron chi connectivity index (χ0n) is 22.5. The van der Waals surface area contributed by atoms with Gasteiger partial charge < -0.3 is 20.1 Å². The number of hydrogen-bond acceptors (Lipinski definition) is 5. The lowest BCUT2D eigenvalue weighted by Crippen LogP contribution is -2.46. The van der Waals surface area contributed by atoms with Crippen LogP contribution in [0.4, 0.5) is 0 Å². The van der Waals surface area contributed by atoms with Crippen LogP contribution in [-0.4, -0.2) is 53.8 Å². The Hall–Kier alpha value is -3.40. The van der Waals surface area contributed by atoms with Gasteiger partial charge in [-0.1, -0.05) is 56.3 Å². The molecule has 3 aromatic rings. The molecule has 196 valence electrons. The molecular weight excluding hydrogens is 462 g/mol. The average Bonchev–Trinajstić information content (AvgIpc) is 2.90. The summed E-state index contributed by atoms with van der Waals surface area (Å²) in [6, 6.07) is 21.8. The van der Waals surface area contributed by atoms with Crippen molar-refractivity contribution in [2.75, 3.05) is 26.2 Å². The van der Waals surface area contributed by atoms with Crippen molar-refractivity contribution in [1.29, 1.82) is 5.26 Å². The Labute approximate surface area is 220 Å². The largest absolute Gasteiger partial charge is 0.489 e. The highest BCUT2D eigenvalue weighted by molar-refractivity contribution is 5.94. The van der Waals surface area contributed by atoms with Crippen LogP contribution in [0.25, 0.3) is 10.8 Å². The molecule has 0 fully saturated rings. The van der Waals surface area contributed by atoms with E-state index in [2.05, 4.69) is 55.6 Å². The number of nitriles is 1. The second-order valence-electron chi connectivity index (χ2n) is 10.2. The van der Waals surface area contributed by atoms with Gasteiger partial charge >= 0.3 is 0 Å². The van der Waals surface area contributed by atoms with Crippen LogP contribution in [-0.2, 0) is 6.42 Å². The van der Waals surface area contributed by atoms with Crippen molar-refractivity contribution in [2.24, 2.45) is 0 Å². The summed E-state index contributed by atoms with van der Waals surface area (Å²) < 4.78 is 5.77. The fourth-order valence-corrected chi connectivity index (χ4v) is 4.47. The van der Waals surface area contributed by atoms with E-state index in [1.54, 1.807) is 18.2 Å². The summed E-state index contributed by atoms with van der Waals surface area (Å²) >= 11 is 0. The molecule has 6 heteroatoms. The topological polar surface area (TPSA) is 85.6 Å². The first-order valence-corrected chi connectivity index (χ1v) is 13.1. The van der Waals surface area contributed by atoms with Gasteiger partial charge in [0.2, 0.25) is 0 Å². The Bertz CT molecular complexity index is 1230. The molecule has 0 aliphatic rings. The van der Waals surface area contributed by atoms with Crippen molar-refractivity contribution in [3.63, 3.8) is 0 Å². The summed E-state index contributed by atoms with van der Waals surface area (Å²) in [5.41, 5.74) is 1.76. The lowest BCUT2D eigenvalue weighted by molar-refractivity contribution is 0.0755. The predicted molar refractivity (Wildman–Crippen MR) is 149 cm³/mol. The van der Waals surface area contributed by atoms with E-state index in [1.165, 1.54) is 16.3 Å². The highest BCUT2D eigenvalue weighted by Gasteiger charge is 2.21. The molecule has 1 amide bonds. The Kier molecular flexibility index (Phi) is 10.1. The minimum Gasteiger partial charge on any atom is -0.489 e. The summed E-state index contributed by atoms with van der Waals surface area (Å²) in [6.45, 7) is 10.1. The maximum Gasteiger partial charge on any atom is 0.253 e. The quantitative estimate of drug-likeness (QED) is 0.331. The van der Waals surface area contributed by atoms with E-state index in [0.29, 0.717) is 30.9 Å². The highest BCUT2D eigenvalue weighted by Crippen LogP contribution is 2.22. The van der Waals surface area contributed by atoms with Gasteiger partial charge in [0, 0.05) is 30.7 Å². The first-order chi connectivity index (χ1) is 17.8. The summed E-state index contributed by atoms with van der Waals surface area (Å²) in [5, 5.41) is 26.0. The standard InChI is InChI=1S/C31H39N3O3/c1-5-15-34(16-6-2)30(36)26-13-14-29(27(18-26)20-32)37-22-28(35)21-33-31(3,4)19-23-11-12-24-9-7-8-10-25(24)17-23/h7-14,17-18,28,33,35H,5-6,15-16,19,21-22H2,1-4H3. The van der Waals surface area contributed by atoms with Crippen LogP contribution < -0.4 is 10.1 Å². The number of carbonyl (C=O) groups is 1. The third-order valence-electron chi connectivity index (χ3n) is 6.33. The number of ether oxygens (including phenoxy) is 1. The SMILES string of the molecule is CCCN(CCC)C(=O)c1ccc(OCC(O)CNC(C)(C)Cc2ccc3ccccc3c2)c(C#N)c1. The van der Waals surface area contributed by atoms with E-state index >= 15 is 0 Å².